The molecular weight excluding hydrogens is 490 g/mol. The summed E-state index contributed by atoms with van der Waals surface area (Å²) >= 11 is 2.60. The molecule has 0 amide bonds. The van der Waals surface area contributed by atoms with Crippen molar-refractivity contribution in [2.45, 2.75) is 0 Å². The van der Waals surface area contributed by atoms with E-state index in [0.717, 1.165) is 21.2 Å². The third kappa shape index (κ3) is 3.00. The average Bonchev–Trinajstić information content (AvgIpc) is 2.80. The predicted molar refractivity (Wildman–Crippen MR) is 132 cm³/mol. The van der Waals surface area contributed by atoms with Gasteiger partial charge in [-0.2, -0.15) is 0 Å². The van der Waals surface area contributed by atoms with Gasteiger partial charge < -0.3 is 0 Å². The summed E-state index contributed by atoms with van der Waals surface area (Å²) in [7, 11) is 0. The van der Waals surface area contributed by atoms with Crippen molar-refractivity contribution in [3.05, 3.63) is 121 Å². The van der Waals surface area contributed by atoms with Crippen LogP contribution in [0, 0.1) is 0 Å². The zero-order valence-electron chi connectivity index (χ0n) is 15.7. The van der Waals surface area contributed by atoms with Crippen molar-refractivity contribution in [2.75, 3.05) is 0 Å². The molecule has 0 heterocycles. The summed E-state index contributed by atoms with van der Waals surface area (Å²) in [5, 5.41) is 14.3. The van der Waals surface area contributed by atoms with Crippen LogP contribution in [0.3, 0.4) is 0 Å². The van der Waals surface area contributed by atoms with Gasteiger partial charge in [-0.1, -0.05) is 0 Å². The number of hydrogen-bond acceptors (Lipinski definition) is 1. The standard InChI is InChI=1S/C25H20IO2P/c26-29(20-12-4-1-5-13-20,21-14-6-2-7-15-21,22-16-8-3-9-17-22)24-19-11-10-18-23(24)25(27)28/h1-19H,(H,27,28). The van der Waals surface area contributed by atoms with E-state index in [2.05, 4.69) is 58.4 Å². The van der Waals surface area contributed by atoms with Crippen molar-refractivity contribution in [2.24, 2.45) is 0 Å². The van der Waals surface area contributed by atoms with Gasteiger partial charge in [0.1, 0.15) is 0 Å². The normalized spacial score (nSPS) is 12.7. The van der Waals surface area contributed by atoms with Gasteiger partial charge >= 0.3 is 184 Å². The van der Waals surface area contributed by atoms with Crippen LogP contribution in [0.15, 0.2) is 115 Å². The van der Waals surface area contributed by atoms with E-state index in [1.165, 1.54) is 0 Å². The van der Waals surface area contributed by atoms with Gasteiger partial charge in [-0.15, -0.1) is 0 Å². The number of carboxylic acids is 1. The molecule has 144 valence electrons. The molecule has 0 aromatic heterocycles. The van der Waals surface area contributed by atoms with Crippen LogP contribution in [-0.4, -0.2) is 11.1 Å². The molecule has 0 saturated heterocycles. The van der Waals surface area contributed by atoms with Crippen LogP contribution in [0.5, 0.6) is 0 Å². The number of hydrogen-bond donors (Lipinski definition) is 1. The van der Waals surface area contributed by atoms with E-state index < -0.39 is 10.2 Å². The van der Waals surface area contributed by atoms with Crippen molar-refractivity contribution in [1.29, 1.82) is 0 Å². The molecule has 0 radical (unpaired) electrons. The maximum atomic E-state index is 12.3. The molecule has 0 spiro atoms. The van der Waals surface area contributed by atoms with Crippen molar-refractivity contribution in [1.82, 2.24) is 0 Å². The van der Waals surface area contributed by atoms with Crippen LogP contribution in [0.4, 0.5) is 0 Å². The molecule has 0 unspecified atom stereocenters. The molecule has 0 aliphatic rings. The Bertz CT molecular complexity index is 1050. The zero-order chi connectivity index (χ0) is 20.3. The fraction of sp³-hybridized carbons (Fsp3) is 0. The Morgan fingerprint density at radius 1 is 0.586 bits per heavy atom. The van der Waals surface area contributed by atoms with Crippen molar-refractivity contribution >= 4 is 53.5 Å². The first-order valence-corrected chi connectivity index (χ1v) is 14.3. The van der Waals surface area contributed by atoms with Crippen LogP contribution in [0.1, 0.15) is 10.4 Å². The van der Waals surface area contributed by atoms with Gasteiger partial charge in [0, 0.05) is 0 Å². The Balaban J connectivity index is 2.29. The Hall–Kier alpha value is -2.49. The molecule has 0 aliphatic heterocycles. The Kier molecular flexibility index (Phi) is 5.28. The Labute approximate surface area is 183 Å². The first-order valence-electron chi connectivity index (χ1n) is 9.30. The topological polar surface area (TPSA) is 37.3 Å². The molecule has 4 aromatic rings. The molecule has 0 fully saturated rings. The van der Waals surface area contributed by atoms with Crippen LogP contribution >= 0.6 is 26.3 Å². The number of halogens is 1. The summed E-state index contributed by atoms with van der Waals surface area (Å²) in [6, 6.07) is 38.4. The first kappa shape index (κ1) is 19.8. The Morgan fingerprint density at radius 2 is 0.931 bits per heavy atom. The van der Waals surface area contributed by atoms with Crippen LogP contribution in [0.25, 0.3) is 0 Å². The molecular formula is C25H20IO2P. The number of aromatic carboxylic acids is 1. The maximum absolute atomic E-state index is 12.3. The molecule has 4 heteroatoms. The number of carbonyl (C=O) groups is 1. The molecule has 2 nitrogen and oxygen atoms in total. The summed E-state index contributed by atoms with van der Waals surface area (Å²) in [4.78, 5) is 12.3. The second kappa shape index (κ2) is 7.74. The van der Waals surface area contributed by atoms with Crippen LogP contribution < -0.4 is 21.2 Å². The predicted octanol–water partition coefficient (Wildman–Crippen LogP) is 4.89. The van der Waals surface area contributed by atoms with E-state index in [1.54, 1.807) is 12.1 Å². The first-order chi connectivity index (χ1) is 14.1. The molecule has 1 N–H and O–H groups in total. The summed E-state index contributed by atoms with van der Waals surface area (Å²) in [6.07, 6.45) is 0. The summed E-state index contributed by atoms with van der Waals surface area (Å²) in [5.41, 5.74) is 0.344. The van der Waals surface area contributed by atoms with Gasteiger partial charge in [0.25, 0.3) is 0 Å². The van der Waals surface area contributed by atoms with E-state index in [9.17, 15) is 9.90 Å². The minimum absolute atomic E-state index is 0.344. The van der Waals surface area contributed by atoms with Gasteiger partial charge in [0.15, 0.2) is 0 Å². The van der Waals surface area contributed by atoms with Gasteiger partial charge in [0.05, 0.1) is 0 Å². The van der Waals surface area contributed by atoms with E-state index in [1.807, 2.05) is 66.7 Å². The van der Waals surface area contributed by atoms with E-state index in [4.69, 9.17) is 0 Å². The third-order valence-corrected chi connectivity index (χ3v) is 17.0. The molecule has 0 aliphatic carbocycles. The fourth-order valence-electron chi connectivity index (χ4n) is 4.01. The van der Waals surface area contributed by atoms with Crippen molar-refractivity contribution in [3.8, 4) is 0 Å². The van der Waals surface area contributed by atoms with E-state index in [-0.39, 0.29) is 0 Å². The Morgan fingerprint density at radius 3 is 1.31 bits per heavy atom. The number of benzene rings is 4. The summed E-state index contributed by atoms with van der Waals surface area (Å²) in [6.45, 7) is 0. The molecule has 0 saturated carbocycles. The van der Waals surface area contributed by atoms with Crippen molar-refractivity contribution in [3.63, 3.8) is 0 Å². The molecule has 4 rings (SSSR count). The molecule has 0 bridgehead atoms. The minimum atomic E-state index is -3.34. The van der Waals surface area contributed by atoms with E-state index in [0.29, 0.717) is 5.56 Å². The van der Waals surface area contributed by atoms with Gasteiger partial charge in [-0.25, -0.2) is 0 Å². The van der Waals surface area contributed by atoms with Crippen LogP contribution in [0.2, 0.25) is 0 Å². The molecule has 0 atom stereocenters. The van der Waals surface area contributed by atoms with E-state index >= 15 is 0 Å². The van der Waals surface area contributed by atoms with Gasteiger partial charge in [0.2, 0.25) is 0 Å². The fourth-order valence-corrected chi connectivity index (χ4v) is 13.1. The SMILES string of the molecule is O=C(O)c1ccccc1P(I)(c1ccccc1)(c1ccccc1)c1ccccc1. The second-order valence-electron chi connectivity index (χ2n) is 6.84. The average molecular weight is 510 g/mol. The molecule has 29 heavy (non-hydrogen) atoms. The van der Waals surface area contributed by atoms with Crippen molar-refractivity contribution < 1.29 is 9.90 Å². The number of rotatable bonds is 5. The zero-order valence-corrected chi connectivity index (χ0v) is 18.7. The number of carboxylic acid groups (broad SMARTS) is 1. The van der Waals surface area contributed by atoms with Gasteiger partial charge in [-0.05, 0) is 0 Å². The van der Waals surface area contributed by atoms with Gasteiger partial charge in [-0.3, -0.25) is 0 Å². The summed E-state index contributed by atoms with van der Waals surface area (Å²) in [5.74, 6) is -0.908. The monoisotopic (exact) mass is 510 g/mol. The quantitative estimate of drug-likeness (QED) is 0.307. The third-order valence-electron chi connectivity index (χ3n) is 5.31. The molecule has 4 aromatic carbocycles. The summed E-state index contributed by atoms with van der Waals surface area (Å²) < 4.78 is -3.34. The van der Waals surface area contributed by atoms with Crippen LogP contribution in [-0.2, 0) is 0 Å². The second-order valence-corrected chi connectivity index (χ2v) is 16.7.